The van der Waals surface area contributed by atoms with Crippen LogP contribution in [0.25, 0.3) is 0 Å². The number of ether oxygens (including phenoxy) is 1. The first kappa shape index (κ1) is 22.4. The number of carbonyl (C=O) groups excluding carboxylic acids is 1. The highest BCUT2D eigenvalue weighted by Gasteiger charge is 2.15. The number of benzene rings is 3. The number of nitrogens with one attached hydrogen (secondary N) is 2. The van der Waals surface area contributed by atoms with Crippen LogP contribution < -0.4 is 14.8 Å². The van der Waals surface area contributed by atoms with Gasteiger partial charge in [-0.3, -0.25) is 9.52 Å². The Labute approximate surface area is 183 Å². The van der Waals surface area contributed by atoms with Gasteiger partial charge in [-0.25, -0.2) is 8.42 Å². The van der Waals surface area contributed by atoms with Gasteiger partial charge in [0.25, 0.3) is 15.9 Å². The zero-order valence-electron chi connectivity index (χ0n) is 17.8. The maximum atomic E-state index is 12.6. The summed E-state index contributed by atoms with van der Waals surface area (Å²) >= 11 is 0. The fourth-order valence-corrected chi connectivity index (χ4v) is 4.00. The van der Waals surface area contributed by atoms with E-state index in [9.17, 15) is 13.2 Å². The fraction of sp³-hybridized carbons (Fsp3) is 0.208. The maximum Gasteiger partial charge on any atom is 0.261 e. The Hall–Kier alpha value is -3.32. The molecule has 0 saturated carbocycles. The number of amides is 1. The molecule has 0 saturated heterocycles. The highest BCUT2D eigenvalue weighted by Crippen LogP contribution is 2.21. The third-order valence-corrected chi connectivity index (χ3v) is 6.08. The topological polar surface area (TPSA) is 84.5 Å². The lowest BCUT2D eigenvalue weighted by Gasteiger charge is -2.11. The first-order valence-electron chi connectivity index (χ1n) is 10.1. The second kappa shape index (κ2) is 9.66. The zero-order valence-corrected chi connectivity index (χ0v) is 18.6. The molecule has 0 spiro atoms. The van der Waals surface area contributed by atoms with Crippen LogP contribution >= 0.6 is 0 Å². The van der Waals surface area contributed by atoms with Crippen LogP contribution in [0.1, 0.15) is 42.6 Å². The lowest BCUT2D eigenvalue weighted by molar-refractivity contribution is 0.102. The number of anilines is 2. The third-order valence-electron chi connectivity index (χ3n) is 4.68. The Morgan fingerprint density at radius 2 is 1.45 bits per heavy atom. The molecular weight excluding hydrogens is 412 g/mol. The van der Waals surface area contributed by atoms with Crippen molar-refractivity contribution in [2.45, 2.75) is 31.6 Å². The van der Waals surface area contributed by atoms with Crippen molar-refractivity contribution in [2.75, 3.05) is 16.6 Å². The van der Waals surface area contributed by atoms with Crippen LogP contribution in [0.2, 0.25) is 0 Å². The molecule has 31 heavy (non-hydrogen) atoms. The normalized spacial score (nSPS) is 11.2. The van der Waals surface area contributed by atoms with E-state index in [0.29, 0.717) is 35.2 Å². The quantitative estimate of drug-likeness (QED) is 0.502. The summed E-state index contributed by atoms with van der Waals surface area (Å²) in [5.41, 5.74) is 2.65. The van der Waals surface area contributed by atoms with Gasteiger partial charge in [-0.15, -0.1) is 0 Å². The van der Waals surface area contributed by atoms with Crippen molar-refractivity contribution < 1.29 is 17.9 Å². The molecular formula is C24H26N2O4S. The van der Waals surface area contributed by atoms with Crippen molar-refractivity contribution in [3.63, 3.8) is 0 Å². The Morgan fingerprint density at radius 3 is 2.00 bits per heavy atom. The Kier molecular flexibility index (Phi) is 6.97. The number of sulfonamides is 1. The van der Waals surface area contributed by atoms with E-state index in [0.717, 1.165) is 5.56 Å². The second-order valence-corrected chi connectivity index (χ2v) is 9.00. The summed E-state index contributed by atoms with van der Waals surface area (Å²) in [5.74, 6) is 0.811. The molecule has 0 bridgehead atoms. The summed E-state index contributed by atoms with van der Waals surface area (Å²) in [6, 6.07) is 20.1. The molecule has 0 radical (unpaired) electrons. The van der Waals surface area contributed by atoms with Crippen molar-refractivity contribution in [2.24, 2.45) is 0 Å². The van der Waals surface area contributed by atoms with Crippen LogP contribution in [0.4, 0.5) is 11.4 Å². The minimum Gasteiger partial charge on any atom is -0.494 e. The molecule has 0 aromatic heterocycles. The molecule has 3 aromatic carbocycles. The molecule has 0 heterocycles. The van der Waals surface area contributed by atoms with E-state index in [4.69, 9.17) is 4.74 Å². The largest absolute Gasteiger partial charge is 0.494 e. The van der Waals surface area contributed by atoms with Crippen LogP contribution in [0.5, 0.6) is 5.75 Å². The lowest BCUT2D eigenvalue weighted by atomic mass is 10.0. The van der Waals surface area contributed by atoms with E-state index in [-0.39, 0.29) is 10.8 Å². The van der Waals surface area contributed by atoms with Crippen LogP contribution in [0.3, 0.4) is 0 Å². The van der Waals surface area contributed by atoms with Crippen molar-refractivity contribution in [3.8, 4) is 5.75 Å². The SMILES string of the molecule is CCOc1ccc(NS(=O)(=O)c2ccc(NC(=O)c3ccc(C(C)C)cc3)cc2)cc1. The fourth-order valence-electron chi connectivity index (χ4n) is 2.94. The van der Waals surface area contributed by atoms with Gasteiger partial charge in [0.2, 0.25) is 0 Å². The molecule has 6 nitrogen and oxygen atoms in total. The van der Waals surface area contributed by atoms with E-state index in [1.165, 1.54) is 12.1 Å². The molecule has 0 fully saturated rings. The molecule has 0 atom stereocenters. The molecule has 0 aliphatic heterocycles. The number of hydrogen-bond donors (Lipinski definition) is 2. The van der Waals surface area contributed by atoms with Gasteiger partial charge in [0.05, 0.1) is 11.5 Å². The Balaban J connectivity index is 1.66. The second-order valence-electron chi connectivity index (χ2n) is 7.32. The average Bonchev–Trinajstić information content (AvgIpc) is 2.75. The van der Waals surface area contributed by atoms with Gasteiger partial charge in [0.1, 0.15) is 5.75 Å². The van der Waals surface area contributed by atoms with E-state index in [2.05, 4.69) is 23.9 Å². The minimum absolute atomic E-state index is 0.0978. The van der Waals surface area contributed by atoms with E-state index >= 15 is 0 Å². The van der Waals surface area contributed by atoms with E-state index < -0.39 is 10.0 Å². The number of carbonyl (C=O) groups is 1. The van der Waals surface area contributed by atoms with Gasteiger partial charge in [0, 0.05) is 16.9 Å². The van der Waals surface area contributed by atoms with Gasteiger partial charge in [0.15, 0.2) is 0 Å². The highest BCUT2D eigenvalue weighted by atomic mass is 32.2. The average molecular weight is 439 g/mol. The Morgan fingerprint density at radius 1 is 0.871 bits per heavy atom. The number of hydrogen-bond acceptors (Lipinski definition) is 4. The highest BCUT2D eigenvalue weighted by molar-refractivity contribution is 7.92. The molecule has 0 aliphatic rings. The first-order valence-corrected chi connectivity index (χ1v) is 11.5. The van der Waals surface area contributed by atoms with Crippen molar-refractivity contribution in [1.82, 2.24) is 0 Å². The van der Waals surface area contributed by atoms with Crippen LogP contribution in [0, 0.1) is 0 Å². The van der Waals surface area contributed by atoms with Gasteiger partial charge in [-0.2, -0.15) is 0 Å². The van der Waals surface area contributed by atoms with E-state index in [1.54, 1.807) is 48.5 Å². The monoisotopic (exact) mass is 438 g/mol. The summed E-state index contributed by atoms with van der Waals surface area (Å²) in [7, 11) is -3.75. The summed E-state index contributed by atoms with van der Waals surface area (Å²) in [4.78, 5) is 12.5. The molecule has 3 aromatic rings. The van der Waals surface area contributed by atoms with Gasteiger partial charge in [-0.05, 0) is 79.1 Å². The molecule has 7 heteroatoms. The van der Waals surface area contributed by atoms with Crippen molar-refractivity contribution in [3.05, 3.63) is 83.9 Å². The van der Waals surface area contributed by atoms with E-state index in [1.807, 2.05) is 19.1 Å². The smallest absolute Gasteiger partial charge is 0.261 e. The molecule has 162 valence electrons. The number of rotatable bonds is 8. The van der Waals surface area contributed by atoms with Crippen molar-refractivity contribution in [1.29, 1.82) is 0 Å². The third kappa shape index (κ3) is 5.86. The summed E-state index contributed by atoms with van der Waals surface area (Å²) in [6.45, 7) is 6.60. The van der Waals surface area contributed by atoms with Crippen LogP contribution in [0.15, 0.2) is 77.7 Å². The van der Waals surface area contributed by atoms with Gasteiger partial charge >= 0.3 is 0 Å². The predicted molar refractivity (Wildman–Crippen MR) is 123 cm³/mol. The molecule has 2 N–H and O–H groups in total. The van der Waals surface area contributed by atoms with Gasteiger partial charge in [-0.1, -0.05) is 26.0 Å². The Bertz CT molecular complexity index is 1120. The maximum absolute atomic E-state index is 12.6. The van der Waals surface area contributed by atoms with Crippen LogP contribution in [-0.2, 0) is 10.0 Å². The molecule has 0 unspecified atom stereocenters. The molecule has 3 rings (SSSR count). The zero-order chi connectivity index (χ0) is 22.4. The van der Waals surface area contributed by atoms with Gasteiger partial charge < -0.3 is 10.1 Å². The summed E-state index contributed by atoms with van der Waals surface area (Å²) in [6.07, 6.45) is 0. The minimum atomic E-state index is -3.75. The first-order chi connectivity index (χ1) is 14.8. The predicted octanol–water partition coefficient (Wildman–Crippen LogP) is 5.26. The molecule has 0 aliphatic carbocycles. The van der Waals surface area contributed by atoms with Crippen molar-refractivity contribution >= 4 is 27.3 Å². The molecule has 1 amide bonds. The standard InChI is InChI=1S/C24H26N2O4S/c1-4-30-22-13-9-21(10-14-22)26-31(28,29)23-15-11-20(12-16-23)25-24(27)19-7-5-18(6-8-19)17(2)3/h5-17,26H,4H2,1-3H3,(H,25,27). The summed E-state index contributed by atoms with van der Waals surface area (Å²) < 4.78 is 33.1. The van der Waals surface area contributed by atoms with Crippen LogP contribution in [-0.4, -0.2) is 20.9 Å². The lowest BCUT2D eigenvalue weighted by Crippen LogP contribution is -2.14. The summed E-state index contributed by atoms with van der Waals surface area (Å²) in [5, 5.41) is 2.79.